The van der Waals surface area contributed by atoms with Gasteiger partial charge >= 0.3 is 0 Å². The van der Waals surface area contributed by atoms with Crippen LogP contribution in [0.1, 0.15) is 41.7 Å². The lowest BCUT2D eigenvalue weighted by atomic mass is 10.1. The Labute approximate surface area is 150 Å². The normalized spacial score (nSPS) is 15.4. The van der Waals surface area contributed by atoms with Crippen molar-refractivity contribution in [2.45, 2.75) is 25.8 Å². The molecular weight excluding hydrogens is 340 g/mol. The molecule has 1 aliphatic rings. The molecular formula is C19H17ClN2O3. The van der Waals surface area contributed by atoms with Crippen molar-refractivity contribution in [3.8, 4) is 0 Å². The van der Waals surface area contributed by atoms with Crippen molar-refractivity contribution in [3.05, 3.63) is 64.7 Å². The van der Waals surface area contributed by atoms with Gasteiger partial charge in [0.2, 0.25) is 11.8 Å². The minimum atomic E-state index is -0.229. The molecule has 0 aliphatic carbocycles. The summed E-state index contributed by atoms with van der Waals surface area (Å²) in [6.45, 7) is 1.89. The van der Waals surface area contributed by atoms with E-state index in [0.29, 0.717) is 16.3 Å². The highest BCUT2D eigenvalue weighted by Crippen LogP contribution is 2.23. The zero-order valence-electron chi connectivity index (χ0n) is 13.7. The summed E-state index contributed by atoms with van der Waals surface area (Å²) in [7, 11) is 0. The van der Waals surface area contributed by atoms with Gasteiger partial charge in [0.05, 0.1) is 11.7 Å². The Hall–Kier alpha value is -2.66. The van der Waals surface area contributed by atoms with Crippen molar-refractivity contribution in [3.63, 3.8) is 0 Å². The first-order valence-corrected chi connectivity index (χ1v) is 8.35. The molecule has 2 aromatic carbocycles. The summed E-state index contributed by atoms with van der Waals surface area (Å²) in [5.74, 6) is -0.648. The summed E-state index contributed by atoms with van der Waals surface area (Å²) in [6, 6.07) is 13.5. The summed E-state index contributed by atoms with van der Waals surface area (Å²) in [5, 5.41) is 3.55. The fourth-order valence-corrected chi connectivity index (χ4v) is 2.87. The van der Waals surface area contributed by atoms with E-state index in [4.69, 9.17) is 11.6 Å². The number of imide groups is 1. The SMILES string of the molecule is C[C@H](NC(=O)c1ccc(N2C(=O)CCC2=O)cc1)c1ccc(Cl)cc1. The Morgan fingerprint density at radius 2 is 1.56 bits per heavy atom. The van der Waals surface area contributed by atoms with Crippen LogP contribution in [0.2, 0.25) is 5.02 Å². The minimum absolute atomic E-state index is 0.175. The number of carbonyl (C=O) groups is 3. The molecule has 0 unspecified atom stereocenters. The lowest BCUT2D eigenvalue weighted by molar-refractivity contribution is -0.121. The Kier molecular flexibility index (Phi) is 4.86. The summed E-state index contributed by atoms with van der Waals surface area (Å²) < 4.78 is 0. The van der Waals surface area contributed by atoms with Crippen LogP contribution in [0.4, 0.5) is 5.69 Å². The molecule has 25 heavy (non-hydrogen) atoms. The molecule has 1 saturated heterocycles. The highest BCUT2D eigenvalue weighted by Gasteiger charge is 2.30. The number of hydrogen-bond acceptors (Lipinski definition) is 3. The van der Waals surface area contributed by atoms with E-state index >= 15 is 0 Å². The molecule has 0 spiro atoms. The van der Waals surface area contributed by atoms with Gasteiger partial charge in [0, 0.05) is 23.4 Å². The predicted molar refractivity (Wildman–Crippen MR) is 95.5 cm³/mol. The number of benzene rings is 2. The second-order valence-corrected chi connectivity index (χ2v) is 6.35. The number of nitrogens with one attached hydrogen (secondary N) is 1. The molecule has 1 aliphatic heterocycles. The first kappa shape index (κ1) is 17.2. The van der Waals surface area contributed by atoms with Gasteiger partial charge in [-0.1, -0.05) is 23.7 Å². The molecule has 1 atom stereocenters. The van der Waals surface area contributed by atoms with E-state index in [1.807, 2.05) is 19.1 Å². The van der Waals surface area contributed by atoms with Crippen LogP contribution in [0, 0.1) is 0 Å². The molecule has 0 bridgehead atoms. The molecule has 1 heterocycles. The van der Waals surface area contributed by atoms with E-state index in [2.05, 4.69) is 5.32 Å². The number of anilines is 1. The first-order valence-electron chi connectivity index (χ1n) is 7.98. The molecule has 5 nitrogen and oxygen atoms in total. The third-order valence-electron chi connectivity index (χ3n) is 4.16. The third kappa shape index (κ3) is 3.72. The summed E-state index contributed by atoms with van der Waals surface area (Å²) >= 11 is 5.87. The second kappa shape index (κ2) is 7.07. The molecule has 0 radical (unpaired) electrons. The van der Waals surface area contributed by atoms with Gasteiger partial charge in [0.1, 0.15) is 0 Å². The van der Waals surface area contributed by atoms with Crippen molar-refractivity contribution in [2.75, 3.05) is 4.90 Å². The van der Waals surface area contributed by atoms with E-state index in [1.165, 1.54) is 0 Å². The minimum Gasteiger partial charge on any atom is -0.346 e. The first-order chi connectivity index (χ1) is 12.0. The fraction of sp³-hybridized carbons (Fsp3) is 0.211. The summed E-state index contributed by atoms with van der Waals surface area (Å²) in [6.07, 6.45) is 0.472. The number of carbonyl (C=O) groups excluding carboxylic acids is 3. The average Bonchev–Trinajstić information content (AvgIpc) is 2.94. The van der Waals surface area contributed by atoms with Crippen LogP contribution in [0.25, 0.3) is 0 Å². The van der Waals surface area contributed by atoms with Gasteiger partial charge in [0.25, 0.3) is 5.91 Å². The smallest absolute Gasteiger partial charge is 0.251 e. The largest absolute Gasteiger partial charge is 0.346 e. The average molecular weight is 357 g/mol. The highest BCUT2D eigenvalue weighted by molar-refractivity contribution is 6.30. The fourth-order valence-electron chi connectivity index (χ4n) is 2.74. The molecule has 128 valence electrons. The van der Waals surface area contributed by atoms with Crippen LogP contribution in [0.5, 0.6) is 0 Å². The van der Waals surface area contributed by atoms with Crippen molar-refractivity contribution in [1.82, 2.24) is 5.32 Å². The van der Waals surface area contributed by atoms with Crippen molar-refractivity contribution in [1.29, 1.82) is 0 Å². The van der Waals surface area contributed by atoms with Gasteiger partial charge in [-0.25, -0.2) is 0 Å². The number of amides is 3. The third-order valence-corrected chi connectivity index (χ3v) is 4.41. The van der Waals surface area contributed by atoms with Gasteiger partial charge in [-0.15, -0.1) is 0 Å². The van der Waals surface area contributed by atoms with E-state index in [1.54, 1.807) is 36.4 Å². The van der Waals surface area contributed by atoms with Gasteiger partial charge in [0.15, 0.2) is 0 Å². The number of halogens is 1. The summed E-state index contributed by atoms with van der Waals surface area (Å²) in [5.41, 5.74) is 1.90. The van der Waals surface area contributed by atoms with Gasteiger partial charge in [-0.05, 0) is 48.9 Å². The van der Waals surface area contributed by atoms with Crippen LogP contribution in [-0.4, -0.2) is 17.7 Å². The standard InChI is InChI=1S/C19H17ClN2O3/c1-12(13-2-6-15(20)7-3-13)21-19(25)14-4-8-16(9-5-14)22-17(23)10-11-18(22)24/h2-9,12H,10-11H2,1H3,(H,21,25)/t12-/m0/s1. The monoisotopic (exact) mass is 356 g/mol. The van der Waals surface area contributed by atoms with E-state index < -0.39 is 0 Å². The quantitative estimate of drug-likeness (QED) is 0.853. The molecule has 3 amide bonds. The number of hydrogen-bond donors (Lipinski definition) is 1. The van der Waals surface area contributed by atoms with Crippen molar-refractivity contribution >= 4 is 35.0 Å². The Morgan fingerprint density at radius 1 is 1.00 bits per heavy atom. The maximum atomic E-state index is 12.4. The lowest BCUT2D eigenvalue weighted by Gasteiger charge is -2.16. The Morgan fingerprint density at radius 3 is 2.12 bits per heavy atom. The van der Waals surface area contributed by atoms with E-state index in [9.17, 15) is 14.4 Å². The second-order valence-electron chi connectivity index (χ2n) is 5.92. The van der Waals surface area contributed by atoms with Crippen LogP contribution < -0.4 is 10.2 Å². The molecule has 0 saturated carbocycles. The zero-order chi connectivity index (χ0) is 18.0. The van der Waals surface area contributed by atoms with E-state index in [0.717, 1.165) is 10.5 Å². The van der Waals surface area contributed by atoms with Gasteiger partial charge in [-0.3, -0.25) is 19.3 Å². The maximum Gasteiger partial charge on any atom is 0.251 e. The number of nitrogens with zero attached hydrogens (tertiary/aromatic N) is 1. The highest BCUT2D eigenvalue weighted by atomic mass is 35.5. The van der Waals surface area contributed by atoms with Crippen LogP contribution in [0.15, 0.2) is 48.5 Å². The maximum absolute atomic E-state index is 12.4. The van der Waals surface area contributed by atoms with Crippen LogP contribution in [-0.2, 0) is 9.59 Å². The summed E-state index contributed by atoms with van der Waals surface area (Å²) in [4.78, 5) is 37.0. The molecule has 2 aromatic rings. The molecule has 0 aromatic heterocycles. The molecule has 1 N–H and O–H groups in total. The Bertz CT molecular complexity index is 800. The van der Waals surface area contributed by atoms with Crippen molar-refractivity contribution < 1.29 is 14.4 Å². The van der Waals surface area contributed by atoms with Gasteiger partial charge in [-0.2, -0.15) is 0 Å². The Balaban J connectivity index is 1.69. The van der Waals surface area contributed by atoms with E-state index in [-0.39, 0.29) is 36.6 Å². The lowest BCUT2D eigenvalue weighted by Crippen LogP contribution is -2.29. The predicted octanol–water partition coefficient (Wildman–Crippen LogP) is 3.48. The molecule has 6 heteroatoms. The molecule has 1 fully saturated rings. The van der Waals surface area contributed by atoms with Crippen LogP contribution >= 0.6 is 11.6 Å². The van der Waals surface area contributed by atoms with Gasteiger partial charge < -0.3 is 5.32 Å². The number of rotatable bonds is 4. The zero-order valence-corrected chi connectivity index (χ0v) is 14.4. The topological polar surface area (TPSA) is 66.5 Å². The molecule has 3 rings (SSSR count). The van der Waals surface area contributed by atoms with Crippen molar-refractivity contribution in [2.24, 2.45) is 0 Å². The van der Waals surface area contributed by atoms with Crippen LogP contribution in [0.3, 0.4) is 0 Å².